The summed E-state index contributed by atoms with van der Waals surface area (Å²) >= 11 is 0. The van der Waals surface area contributed by atoms with E-state index in [1.54, 1.807) is 6.20 Å². The Balaban J connectivity index is 1.91. The molecule has 10 heteroatoms. The second-order valence-electron chi connectivity index (χ2n) is 6.01. The number of hydrogen-bond acceptors (Lipinski definition) is 8. The first-order chi connectivity index (χ1) is 13.5. The molecular formula is C18H23N3O5S2. The molecule has 0 radical (unpaired) electrons. The van der Waals surface area contributed by atoms with Gasteiger partial charge in [0.25, 0.3) is 17.7 Å². The monoisotopic (exact) mass is 425 g/mol. The first kappa shape index (κ1) is 22.2. The zero-order valence-electron chi connectivity index (χ0n) is 15.7. The molecule has 0 spiro atoms. The van der Waals surface area contributed by atoms with Gasteiger partial charge in [0, 0.05) is 37.6 Å². The lowest BCUT2D eigenvalue weighted by Gasteiger charge is -2.27. The molecular weight excluding hydrogens is 402 g/mol. The number of nitrogens with zero attached hydrogens (tertiary/aromatic N) is 3. The van der Waals surface area contributed by atoms with E-state index in [1.165, 1.54) is 21.6 Å². The molecule has 1 aliphatic rings. The number of amides is 3. The molecule has 0 N–H and O–H groups in total. The fraction of sp³-hybridized carbons (Fsp3) is 0.500. The van der Waals surface area contributed by atoms with Gasteiger partial charge >= 0.3 is 5.97 Å². The van der Waals surface area contributed by atoms with Crippen LogP contribution >= 0.6 is 21.6 Å². The SMILES string of the molecule is CCCCCC(=O)ON(C(=O)CCSSc1ccccn1)N1C(=O)CCC1=O. The van der Waals surface area contributed by atoms with Crippen molar-refractivity contribution in [3.05, 3.63) is 24.4 Å². The van der Waals surface area contributed by atoms with E-state index in [4.69, 9.17) is 4.84 Å². The van der Waals surface area contributed by atoms with Gasteiger partial charge in [-0.1, -0.05) is 41.8 Å². The highest BCUT2D eigenvalue weighted by molar-refractivity contribution is 8.76. The highest BCUT2D eigenvalue weighted by atomic mass is 33.1. The number of imide groups is 1. The van der Waals surface area contributed by atoms with Crippen molar-refractivity contribution in [2.45, 2.75) is 56.9 Å². The Morgan fingerprint density at radius 2 is 1.93 bits per heavy atom. The predicted molar refractivity (Wildman–Crippen MR) is 105 cm³/mol. The van der Waals surface area contributed by atoms with Gasteiger partial charge < -0.3 is 4.84 Å². The molecule has 8 nitrogen and oxygen atoms in total. The molecule has 0 saturated carbocycles. The molecule has 0 bridgehead atoms. The summed E-state index contributed by atoms with van der Waals surface area (Å²) in [6.07, 6.45) is 4.22. The lowest BCUT2D eigenvalue weighted by atomic mass is 10.2. The smallest absolute Gasteiger partial charge is 0.317 e. The van der Waals surface area contributed by atoms with Gasteiger partial charge in [-0.05, 0) is 29.3 Å². The molecule has 28 heavy (non-hydrogen) atoms. The summed E-state index contributed by atoms with van der Waals surface area (Å²) in [5.74, 6) is -1.93. The van der Waals surface area contributed by atoms with Crippen LogP contribution < -0.4 is 0 Å². The van der Waals surface area contributed by atoms with Crippen LogP contribution in [0.3, 0.4) is 0 Å². The number of hydrazine groups is 1. The Morgan fingerprint density at radius 3 is 2.57 bits per heavy atom. The Labute approximate surface area is 171 Å². The van der Waals surface area contributed by atoms with E-state index in [-0.39, 0.29) is 25.7 Å². The number of carbonyl (C=O) groups excluding carboxylic acids is 4. The van der Waals surface area contributed by atoms with Crippen molar-refractivity contribution < 1.29 is 24.0 Å². The maximum atomic E-state index is 12.6. The molecule has 1 aromatic rings. The van der Waals surface area contributed by atoms with Crippen LogP contribution in [0.15, 0.2) is 29.4 Å². The minimum absolute atomic E-state index is 0.000275. The highest BCUT2D eigenvalue weighted by Crippen LogP contribution is 2.29. The van der Waals surface area contributed by atoms with Gasteiger partial charge in [0.1, 0.15) is 5.03 Å². The highest BCUT2D eigenvalue weighted by Gasteiger charge is 2.39. The van der Waals surface area contributed by atoms with Crippen LogP contribution in [0, 0.1) is 0 Å². The fourth-order valence-electron chi connectivity index (χ4n) is 2.36. The maximum absolute atomic E-state index is 12.6. The molecule has 1 aliphatic heterocycles. The molecule has 0 unspecified atom stereocenters. The van der Waals surface area contributed by atoms with Gasteiger partial charge in [-0.25, -0.2) is 9.78 Å². The molecule has 152 valence electrons. The quantitative estimate of drug-likeness (QED) is 0.244. The predicted octanol–water partition coefficient (Wildman–Crippen LogP) is 3.14. The summed E-state index contributed by atoms with van der Waals surface area (Å²) in [5.41, 5.74) is 0. The van der Waals surface area contributed by atoms with Crippen molar-refractivity contribution in [1.82, 2.24) is 15.2 Å². The van der Waals surface area contributed by atoms with Gasteiger partial charge in [0.15, 0.2) is 0 Å². The van der Waals surface area contributed by atoms with Crippen LogP contribution in [0.2, 0.25) is 0 Å². The standard InChI is InChI=1S/C18H23N3O5S2/c1-2-3-4-8-18(25)26-21(20-15(22)9-10-16(20)23)17(24)11-13-27-28-14-7-5-6-12-19-14/h5-7,12H,2-4,8-11,13H2,1H3. The Kier molecular flexibility index (Phi) is 9.29. The first-order valence-electron chi connectivity index (χ1n) is 9.13. The van der Waals surface area contributed by atoms with E-state index in [2.05, 4.69) is 4.98 Å². The fourth-order valence-corrected chi connectivity index (χ4v) is 4.21. The van der Waals surface area contributed by atoms with Crippen molar-refractivity contribution in [2.24, 2.45) is 0 Å². The molecule has 0 atom stereocenters. The van der Waals surface area contributed by atoms with Gasteiger partial charge in [-0.2, -0.15) is 0 Å². The van der Waals surface area contributed by atoms with Crippen LogP contribution in [0.5, 0.6) is 0 Å². The summed E-state index contributed by atoms with van der Waals surface area (Å²) in [6.45, 7) is 2.00. The minimum Gasteiger partial charge on any atom is -0.317 e. The average molecular weight is 426 g/mol. The number of carbonyl (C=O) groups is 4. The molecule has 1 saturated heterocycles. The van der Waals surface area contributed by atoms with E-state index >= 15 is 0 Å². The summed E-state index contributed by atoms with van der Waals surface area (Å²) in [4.78, 5) is 57.8. The molecule has 2 rings (SSSR count). The maximum Gasteiger partial charge on any atom is 0.335 e. The van der Waals surface area contributed by atoms with Crippen LogP contribution in [0.4, 0.5) is 0 Å². The summed E-state index contributed by atoms with van der Waals surface area (Å²) < 4.78 is 0. The summed E-state index contributed by atoms with van der Waals surface area (Å²) in [6, 6.07) is 5.53. The first-order valence-corrected chi connectivity index (χ1v) is 11.4. The zero-order chi connectivity index (χ0) is 20.4. The van der Waals surface area contributed by atoms with Gasteiger partial charge in [-0.15, -0.1) is 5.01 Å². The van der Waals surface area contributed by atoms with Crippen molar-refractivity contribution in [1.29, 1.82) is 0 Å². The number of unbranched alkanes of at least 4 members (excludes halogenated alkanes) is 2. The van der Waals surface area contributed by atoms with Crippen molar-refractivity contribution in [3.8, 4) is 0 Å². The molecule has 0 aliphatic carbocycles. The van der Waals surface area contributed by atoms with Crippen molar-refractivity contribution >= 4 is 45.3 Å². The Morgan fingerprint density at radius 1 is 1.18 bits per heavy atom. The van der Waals surface area contributed by atoms with E-state index < -0.39 is 23.7 Å². The van der Waals surface area contributed by atoms with E-state index in [9.17, 15) is 19.2 Å². The molecule has 2 heterocycles. The van der Waals surface area contributed by atoms with Gasteiger partial charge in [0.2, 0.25) is 0 Å². The third-order valence-corrected chi connectivity index (χ3v) is 6.04. The molecule has 0 aromatic carbocycles. The second-order valence-corrected chi connectivity index (χ2v) is 8.45. The number of aromatic nitrogens is 1. The number of hydrogen-bond donors (Lipinski definition) is 0. The lowest BCUT2D eigenvalue weighted by Crippen LogP contribution is -2.50. The Hall–Kier alpha value is -2.07. The number of pyridine rings is 1. The van der Waals surface area contributed by atoms with Gasteiger partial charge in [0.05, 0.1) is 0 Å². The number of rotatable bonds is 10. The van der Waals surface area contributed by atoms with Crippen LogP contribution in [-0.2, 0) is 24.0 Å². The zero-order valence-corrected chi connectivity index (χ0v) is 17.3. The van der Waals surface area contributed by atoms with Crippen LogP contribution in [0.1, 0.15) is 51.9 Å². The largest absolute Gasteiger partial charge is 0.335 e. The minimum atomic E-state index is -0.634. The number of hydroxylamine groups is 1. The van der Waals surface area contributed by atoms with Crippen LogP contribution in [0.25, 0.3) is 0 Å². The van der Waals surface area contributed by atoms with Crippen molar-refractivity contribution in [2.75, 3.05) is 5.75 Å². The average Bonchev–Trinajstić information content (AvgIpc) is 3.02. The van der Waals surface area contributed by atoms with Crippen molar-refractivity contribution in [3.63, 3.8) is 0 Å². The summed E-state index contributed by atoms with van der Waals surface area (Å²) in [7, 11) is 2.82. The topological polar surface area (TPSA) is 96.9 Å². The molecule has 1 fully saturated rings. The second kappa shape index (κ2) is 11.7. The van der Waals surface area contributed by atoms with Gasteiger partial charge in [-0.3, -0.25) is 14.4 Å². The van der Waals surface area contributed by atoms with E-state index in [0.29, 0.717) is 22.4 Å². The van der Waals surface area contributed by atoms with E-state index in [0.717, 1.165) is 17.9 Å². The third-order valence-electron chi connectivity index (χ3n) is 3.77. The van der Waals surface area contributed by atoms with Crippen LogP contribution in [-0.4, -0.2) is 44.6 Å². The molecule has 3 amide bonds. The Bertz CT molecular complexity index is 686. The normalized spacial score (nSPS) is 13.7. The lowest BCUT2D eigenvalue weighted by molar-refractivity contribution is -0.247. The summed E-state index contributed by atoms with van der Waals surface area (Å²) in [5, 5.41) is 2.01. The third kappa shape index (κ3) is 6.83. The van der Waals surface area contributed by atoms with E-state index in [1.807, 2.05) is 25.1 Å². The molecule has 1 aromatic heterocycles.